The highest BCUT2D eigenvalue weighted by molar-refractivity contribution is 5.76. The molecule has 0 amide bonds. The summed E-state index contributed by atoms with van der Waals surface area (Å²) in [6, 6.07) is 7.26. The second-order valence-electron chi connectivity index (χ2n) is 4.58. The van der Waals surface area contributed by atoms with Crippen molar-refractivity contribution in [3.8, 4) is 5.95 Å². The van der Waals surface area contributed by atoms with Crippen LogP contribution in [0, 0.1) is 6.92 Å². The molecule has 0 aliphatic rings. The van der Waals surface area contributed by atoms with Gasteiger partial charge in [-0.3, -0.25) is 0 Å². The van der Waals surface area contributed by atoms with E-state index in [-0.39, 0.29) is 0 Å². The topological polar surface area (TPSA) is 32.6 Å². The van der Waals surface area contributed by atoms with Crippen LogP contribution in [-0.4, -0.2) is 9.97 Å². The van der Waals surface area contributed by atoms with Crippen LogP contribution < -0.4 is 4.57 Å². The van der Waals surface area contributed by atoms with Crippen LogP contribution in [0.1, 0.15) is 11.1 Å². The summed E-state index contributed by atoms with van der Waals surface area (Å²) in [6.07, 6.45) is -0.715. The van der Waals surface area contributed by atoms with Gasteiger partial charge in [0.25, 0.3) is 0 Å². The number of imidazole rings is 1. The first-order valence-corrected chi connectivity index (χ1v) is 5.99. The summed E-state index contributed by atoms with van der Waals surface area (Å²) >= 11 is 0. The molecular weight excluding hydrogens is 267 g/mol. The summed E-state index contributed by atoms with van der Waals surface area (Å²) < 4.78 is 39.7. The van der Waals surface area contributed by atoms with E-state index in [2.05, 4.69) is 9.97 Å². The Labute approximate surface area is 112 Å². The Morgan fingerprint density at radius 3 is 2.70 bits per heavy atom. The number of aromatic nitrogens is 3. The fourth-order valence-electron chi connectivity index (χ4n) is 2.02. The standard InChI is InChI=1S/C14H11F3N3/c1-9-3-2-6-20(8-9)13-18-11-5-4-10(14(15,16)17)7-12(11)19-13/h2-8H,1H3,(H,18,19)/q+1. The van der Waals surface area contributed by atoms with Crippen molar-refractivity contribution >= 4 is 11.0 Å². The molecule has 20 heavy (non-hydrogen) atoms. The minimum absolute atomic E-state index is 0.365. The largest absolute Gasteiger partial charge is 0.416 e. The normalized spacial score (nSPS) is 12.0. The summed E-state index contributed by atoms with van der Waals surface area (Å²) in [5, 5.41) is 0. The van der Waals surface area contributed by atoms with Crippen molar-refractivity contribution in [2.75, 3.05) is 0 Å². The van der Waals surface area contributed by atoms with Crippen LogP contribution in [0.5, 0.6) is 0 Å². The minimum Gasteiger partial charge on any atom is -0.238 e. The number of alkyl halides is 3. The highest BCUT2D eigenvalue weighted by Crippen LogP contribution is 2.30. The number of fused-ring (bicyclic) bond motifs is 1. The molecule has 0 aliphatic carbocycles. The molecule has 3 nitrogen and oxygen atoms in total. The molecule has 0 radical (unpaired) electrons. The number of hydrogen-bond donors (Lipinski definition) is 1. The van der Waals surface area contributed by atoms with Gasteiger partial charge in [-0.05, 0) is 36.8 Å². The summed E-state index contributed by atoms with van der Waals surface area (Å²) in [4.78, 5) is 7.19. The number of aryl methyl sites for hydroxylation is 1. The number of H-pyrrole nitrogens is 1. The maximum Gasteiger partial charge on any atom is 0.416 e. The molecule has 0 saturated heterocycles. The second kappa shape index (κ2) is 4.33. The number of aromatic amines is 1. The number of benzene rings is 1. The fraction of sp³-hybridized carbons (Fsp3) is 0.143. The number of hydrogen-bond acceptors (Lipinski definition) is 1. The van der Waals surface area contributed by atoms with Gasteiger partial charge in [-0.1, -0.05) is 11.1 Å². The Morgan fingerprint density at radius 1 is 1.20 bits per heavy atom. The number of nitrogens with one attached hydrogen (secondary N) is 1. The van der Waals surface area contributed by atoms with Crippen molar-refractivity contribution in [3.05, 3.63) is 53.9 Å². The number of pyridine rings is 1. The molecule has 0 fully saturated rings. The Hall–Kier alpha value is -2.37. The van der Waals surface area contributed by atoms with E-state index in [1.807, 2.05) is 25.3 Å². The average molecular weight is 278 g/mol. The molecule has 2 aromatic heterocycles. The summed E-state index contributed by atoms with van der Waals surface area (Å²) in [6.45, 7) is 1.93. The van der Waals surface area contributed by atoms with E-state index in [1.165, 1.54) is 6.07 Å². The zero-order valence-electron chi connectivity index (χ0n) is 10.6. The molecule has 3 rings (SSSR count). The molecule has 3 aromatic rings. The molecule has 0 spiro atoms. The highest BCUT2D eigenvalue weighted by atomic mass is 19.4. The van der Waals surface area contributed by atoms with E-state index in [9.17, 15) is 13.2 Å². The quantitative estimate of drug-likeness (QED) is 0.681. The molecule has 0 aliphatic heterocycles. The molecule has 0 bridgehead atoms. The van der Waals surface area contributed by atoms with Gasteiger partial charge >= 0.3 is 12.1 Å². The Morgan fingerprint density at radius 2 is 2.00 bits per heavy atom. The lowest BCUT2D eigenvalue weighted by molar-refractivity contribution is -0.603. The highest BCUT2D eigenvalue weighted by Gasteiger charge is 2.31. The SMILES string of the molecule is Cc1ccc[n+](-c2nc3ccc(C(F)(F)F)cc3[nH]2)c1. The summed E-state index contributed by atoms with van der Waals surface area (Å²) in [5.74, 6) is 0.489. The van der Waals surface area contributed by atoms with Gasteiger partial charge < -0.3 is 0 Å². The first kappa shape index (κ1) is 12.7. The van der Waals surface area contributed by atoms with E-state index in [4.69, 9.17) is 0 Å². The van der Waals surface area contributed by atoms with Gasteiger partial charge in [-0.25, -0.2) is 9.55 Å². The Bertz CT molecular complexity index is 775. The number of nitrogens with zero attached hydrogens (tertiary/aromatic N) is 2. The third kappa shape index (κ3) is 2.24. The molecule has 0 saturated carbocycles. The summed E-state index contributed by atoms with van der Waals surface area (Å²) in [7, 11) is 0. The third-order valence-corrected chi connectivity index (χ3v) is 2.99. The van der Waals surface area contributed by atoms with Crippen LogP contribution in [-0.2, 0) is 6.18 Å². The van der Waals surface area contributed by atoms with Gasteiger partial charge in [0.1, 0.15) is 5.52 Å². The first-order valence-electron chi connectivity index (χ1n) is 5.99. The lowest BCUT2D eigenvalue weighted by atomic mass is 10.2. The van der Waals surface area contributed by atoms with Gasteiger partial charge in [-0.15, -0.1) is 0 Å². The number of rotatable bonds is 1. The molecule has 1 aromatic carbocycles. The van der Waals surface area contributed by atoms with Gasteiger partial charge in [0.15, 0.2) is 5.52 Å². The minimum atomic E-state index is -4.35. The van der Waals surface area contributed by atoms with Crippen LogP contribution in [0.2, 0.25) is 0 Å². The second-order valence-corrected chi connectivity index (χ2v) is 4.58. The van der Waals surface area contributed by atoms with E-state index in [1.54, 1.807) is 10.8 Å². The van der Waals surface area contributed by atoms with Crippen LogP contribution in [0.15, 0.2) is 42.7 Å². The van der Waals surface area contributed by atoms with E-state index in [0.29, 0.717) is 17.0 Å². The molecule has 2 heterocycles. The maximum atomic E-state index is 12.7. The zero-order chi connectivity index (χ0) is 14.3. The molecule has 6 heteroatoms. The van der Waals surface area contributed by atoms with Gasteiger partial charge in [0.2, 0.25) is 0 Å². The monoisotopic (exact) mass is 278 g/mol. The van der Waals surface area contributed by atoms with Crippen LogP contribution in [0.4, 0.5) is 13.2 Å². The molecule has 1 N–H and O–H groups in total. The Kier molecular flexibility index (Phi) is 2.74. The van der Waals surface area contributed by atoms with Crippen molar-refractivity contribution in [2.45, 2.75) is 13.1 Å². The maximum absolute atomic E-state index is 12.7. The zero-order valence-corrected chi connectivity index (χ0v) is 10.6. The van der Waals surface area contributed by atoms with Gasteiger partial charge in [0.05, 0.1) is 18.0 Å². The van der Waals surface area contributed by atoms with E-state index < -0.39 is 11.7 Å². The smallest absolute Gasteiger partial charge is 0.238 e. The number of halogens is 3. The first-order chi connectivity index (χ1) is 9.43. The van der Waals surface area contributed by atoms with Crippen LogP contribution >= 0.6 is 0 Å². The fourth-order valence-corrected chi connectivity index (χ4v) is 2.02. The lowest BCUT2D eigenvalue weighted by Gasteiger charge is -2.04. The van der Waals surface area contributed by atoms with Crippen molar-refractivity contribution < 1.29 is 17.7 Å². The van der Waals surface area contributed by atoms with Gasteiger partial charge in [0, 0.05) is 0 Å². The third-order valence-electron chi connectivity index (χ3n) is 2.99. The van der Waals surface area contributed by atoms with Crippen molar-refractivity contribution in [2.24, 2.45) is 0 Å². The van der Waals surface area contributed by atoms with Crippen molar-refractivity contribution in [1.82, 2.24) is 9.97 Å². The van der Waals surface area contributed by atoms with Crippen LogP contribution in [0.25, 0.3) is 17.0 Å². The van der Waals surface area contributed by atoms with Crippen molar-refractivity contribution in [3.63, 3.8) is 0 Å². The predicted molar refractivity (Wildman–Crippen MR) is 67.4 cm³/mol. The molecule has 0 unspecified atom stereocenters. The Balaban J connectivity index is 2.11. The van der Waals surface area contributed by atoms with E-state index >= 15 is 0 Å². The van der Waals surface area contributed by atoms with E-state index in [0.717, 1.165) is 17.7 Å². The molecule has 102 valence electrons. The summed E-state index contributed by atoms with van der Waals surface area (Å²) in [5.41, 5.74) is 1.21. The van der Waals surface area contributed by atoms with Crippen molar-refractivity contribution in [1.29, 1.82) is 0 Å². The predicted octanol–water partition coefficient (Wildman–Crippen LogP) is 3.17. The molecule has 0 atom stereocenters. The molecular formula is C14H11F3N3+. The lowest BCUT2D eigenvalue weighted by Crippen LogP contribution is -2.31. The average Bonchev–Trinajstić information content (AvgIpc) is 2.80. The van der Waals surface area contributed by atoms with Gasteiger partial charge in [-0.2, -0.15) is 13.2 Å². The van der Waals surface area contributed by atoms with Crippen LogP contribution in [0.3, 0.4) is 0 Å².